The Labute approximate surface area is 154 Å². The molecule has 3 aromatic rings. The standard InChI is InChI=1S/C19H18FN3O2S/c20-14-3-5-15(6-4-14)23-12-13(11-22-23)10-21-19(24)18-8-7-17(26-18)16-2-1-9-25-16/h3-8,11-12,16H,1-2,9-10H2,(H,21,24)/t16-/m0/s1. The van der Waals surface area contributed by atoms with Gasteiger partial charge in [-0.2, -0.15) is 5.10 Å². The maximum atomic E-state index is 13.0. The van der Waals surface area contributed by atoms with Crippen LogP contribution in [0.25, 0.3) is 5.69 Å². The summed E-state index contributed by atoms with van der Waals surface area (Å²) in [4.78, 5) is 14.1. The van der Waals surface area contributed by atoms with E-state index in [0.717, 1.165) is 35.6 Å². The van der Waals surface area contributed by atoms with Crippen LogP contribution in [0.2, 0.25) is 0 Å². The van der Waals surface area contributed by atoms with E-state index in [1.807, 2.05) is 18.3 Å². The highest BCUT2D eigenvalue weighted by molar-refractivity contribution is 7.14. The van der Waals surface area contributed by atoms with Crippen LogP contribution in [0.15, 0.2) is 48.8 Å². The molecule has 0 bridgehead atoms. The van der Waals surface area contributed by atoms with Gasteiger partial charge in [0.25, 0.3) is 5.91 Å². The number of hydrogen-bond acceptors (Lipinski definition) is 4. The van der Waals surface area contributed by atoms with Gasteiger partial charge in [0.2, 0.25) is 0 Å². The molecule has 5 nitrogen and oxygen atoms in total. The summed E-state index contributed by atoms with van der Waals surface area (Å²) in [5.41, 5.74) is 1.64. The average molecular weight is 371 g/mol. The molecule has 1 amide bonds. The van der Waals surface area contributed by atoms with Gasteiger partial charge >= 0.3 is 0 Å². The number of nitrogens with zero attached hydrogens (tertiary/aromatic N) is 2. The lowest BCUT2D eigenvalue weighted by molar-refractivity contribution is 0.0955. The van der Waals surface area contributed by atoms with Crippen LogP contribution in [-0.4, -0.2) is 22.3 Å². The van der Waals surface area contributed by atoms with Gasteiger partial charge in [0, 0.05) is 29.8 Å². The highest BCUT2D eigenvalue weighted by Crippen LogP contribution is 2.33. The third-order valence-corrected chi connectivity index (χ3v) is 5.45. The van der Waals surface area contributed by atoms with Crippen molar-refractivity contribution in [2.45, 2.75) is 25.5 Å². The molecule has 1 atom stereocenters. The number of carbonyl (C=O) groups is 1. The van der Waals surface area contributed by atoms with E-state index in [1.54, 1.807) is 23.0 Å². The number of ether oxygens (including phenoxy) is 1. The third-order valence-electron chi connectivity index (χ3n) is 4.28. The average Bonchev–Trinajstić information content (AvgIpc) is 3.41. The van der Waals surface area contributed by atoms with Gasteiger partial charge in [-0.25, -0.2) is 9.07 Å². The van der Waals surface area contributed by atoms with Crippen LogP contribution in [0.4, 0.5) is 4.39 Å². The van der Waals surface area contributed by atoms with Gasteiger partial charge in [-0.3, -0.25) is 4.79 Å². The van der Waals surface area contributed by atoms with E-state index in [2.05, 4.69) is 10.4 Å². The molecule has 2 aromatic heterocycles. The Morgan fingerprint density at radius 3 is 2.92 bits per heavy atom. The first-order chi connectivity index (χ1) is 12.7. The molecule has 0 saturated carbocycles. The zero-order valence-electron chi connectivity index (χ0n) is 14.0. The van der Waals surface area contributed by atoms with Crippen LogP contribution in [0.5, 0.6) is 0 Å². The molecule has 3 heterocycles. The first-order valence-electron chi connectivity index (χ1n) is 8.48. The van der Waals surface area contributed by atoms with Crippen molar-refractivity contribution >= 4 is 17.2 Å². The smallest absolute Gasteiger partial charge is 0.261 e. The van der Waals surface area contributed by atoms with E-state index >= 15 is 0 Å². The molecule has 7 heteroatoms. The van der Waals surface area contributed by atoms with Crippen molar-refractivity contribution in [3.63, 3.8) is 0 Å². The third kappa shape index (κ3) is 3.68. The molecule has 4 rings (SSSR count). The first kappa shape index (κ1) is 16.9. The van der Waals surface area contributed by atoms with E-state index in [0.29, 0.717) is 11.4 Å². The van der Waals surface area contributed by atoms with E-state index in [-0.39, 0.29) is 17.8 Å². The number of thiophene rings is 1. The fraction of sp³-hybridized carbons (Fsp3) is 0.263. The van der Waals surface area contributed by atoms with Crippen molar-refractivity contribution in [2.75, 3.05) is 6.61 Å². The molecule has 0 radical (unpaired) electrons. The Bertz CT molecular complexity index is 898. The van der Waals surface area contributed by atoms with Crippen molar-refractivity contribution in [1.82, 2.24) is 15.1 Å². The Morgan fingerprint density at radius 1 is 1.31 bits per heavy atom. The molecule has 26 heavy (non-hydrogen) atoms. The number of aromatic nitrogens is 2. The summed E-state index contributed by atoms with van der Waals surface area (Å²) in [7, 11) is 0. The van der Waals surface area contributed by atoms with Crippen molar-refractivity contribution in [1.29, 1.82) is 0 Å². The molecule has 1 aliphatic rings. The predicted molar refractivity (Wildman–Crippen MR) is 96.9 cm³/mol. The molecular weight excluding hydrogens is 353 g/mol. The molecule has 1 aliphatic heterocycles. The zero-order chi connectivity index (χ0) is 17.9. The molecule has 0 spiro atoms. The van der Waals surface area contributed by atoms with Gasteiger partial charge < -0.3 is 10.1 Å². The SMILES string of the molecule is O=C(NCc1cnn(-c2ccc(F)cc2)c1)c1ccc([C@@H]2CCCO2)s1. The second-order valence-corrected chi connectivity index (χ2v) is 7.27. The number of carbonyl (C=O) groups excluding carboxylic acids is 1. The minimum absolute atomic E-state index is 0.103. The van der Waals surface area contributed by atoms with Gasteiger partial charge in [-0.05, 0) is 49.2 Å². The van der Waals surface area contributed by atoms with Gasteiger partial charge in [0.05, 0.1) is 22.9 Å². The van der Waals surface area contributed by atoms with Crippen LogP contribution in [0, 0.1) is 5.82 Å². The number of benzene rings is 1. The van der Waals surface area contributed by atoms with Crippen molar-refractivity contribution in [3.05, 3.63) is 69.9 Å². The molecule has 1 N–H and O–H groups in total. The van der Waals surface area contributed by atoms with E-state index in [4.69, 9.17) is 4.74 Å². The Balaban J connectivity index is 1.36. The van der Waals surface area contributed by atoms with Crippen LogP contribution < -0.4 is 5.32 Å². The summed E-state index contributed by atoms with van der Waals surface area (Å²) in [5.74, 6) is -0.388. The number of rotatable bonds is 5. The monoisotopic (exact) mass is 371 g/mol. The lowest BCUT2D eigenvalue weighted by Crippen LogP contribution is -2.21. The molecule has 1 aromatic carbocycles. The Kier molecular flexibility index (Phi) is 4.81. The summed E-state index contributed by atoms with van der Waals surface area (Å²) in [5, 5.41) is 7.16. The minimum atomic E-state index is -0.285. The van der Waals surface area contributed by atoms with Gasteiger partial charge in [-0.1, -0.05) is 0 Å². The Morgan fingerprint density at radius 2 is 2.15 bits per heavy atom. The first-order valence-corrected chi connectivity index (χ1v) is 9.30. The second kappa shape index (κ2) is 7.39. The number of hydrogen-bond donors (Lipinski definition) is 1. The molecule has 1 fully saturated rings. The van der Waals surface area contributed by atoms with Crippen LogP contribution in [0.3, 0.4) is 0 Å². The molecule has 1 saturated heterocycles. The zero-order valence-corrected chi connectivity index (χ0v) is 14.8. The lowest BCUT2D eigenvalue weighted by atomic mass is 10.2. The number of amides is 1. The summed E-state index contributed by atoms with van der Waals surface area (Å²) in [6.45, 7) is 1.18. The molecule has 134 valence electrons. The summed E-state index contributed by atoms with van der Waals surface area (Å²) in [6, 6.07) is 9.91. The fourth-order valence-corrected chi connectivity index (χ4v) is 3.91. The molecule has 0 aliphatic carbocycles. The van der Waals surface area contributed by atoms with E-state index < -0.39 is 0 Å². The van der Waals surface area contributed by atoms with Crippen LogP contribution in [0.1, 0.15) is 39.1 Å². The van der Waals surface area contributed by atoms with Gasteiger partial charge in [0.15, 0.2) is 0 Å². The van der Waals surface area contributed by atoms with E-state index in [9.17, 15) is 9.18 Å². The van der Waals surface area contributed by atoms with Gasteiger partial charge in [0.1, 0.15) is 5.82 Å². The van der Waals surface area contributed by atoms with E-state index in [1.165, 1.54) is 23.5 Å². The second-order valence-electron chi connectivity index (χ2n) is 6.16. The predicted octanol–water partition coefficient (Wildman–Crippen LogP) is 3.85. The normalized spacial score (nSPS) is 16.7. The number of nitrogens with one attached hydrogen (secondary N) is 1. The fourth-order valence-electron chi connectivity index (χ4n) is 2.91. The topological polar surface area (TPSA) is 56.2 Å². The summed E-state index contributed by atoms with van der Waals surface area (Å²) >= 11 is 1.48. The minimum Gasteiger partial charge on any atom is -0.373 e. The van der Waals surface area contributed by atoms with Crippen LogP contribution in [-0.2, 0) is 11.3 Å². The maximum absolute atomic E-state index is 13.0. The van der Waals surface area contributed by atoms with Crippen molar-refractivity contribution in [3.8, 4) is 5.69 Å². The highest BCUT2D eigenvalue weighted by atomic mass is 32.1. The quantitative estimate of drug-likeness (QED) is 0.741. The molecule has 0 unspecified atom stereocenters. The summed E-state index contributed by atoms with van der Waals surface area (Å²) < 4.78 is 20.3. The number of halogens is 1. The highest BCUT2D eigenvalue weighted by Gasteiger charge is 2.20. The Hall–Kier alpha value is -2.51. The largest absolute Gasteiger partial charge is 0.373 e. The van der Waals surface area contributed by atoms with Crippen molar-refractivity contribution in [2.24, 2.45) is 0 Å². The van der Waals surface area contributed by atoms with Gasteiger partial charge in [-0.15, -0.1) is 11.3 Å². The lowest BCUT2D eigenvalue weighted by Gasteiger charge is -2.05. The maximum Gasteiger partial charge on any atom is 0.261 e. The van der Waals surface area contributed by atoms with Crippen molar-refractivity contribution < 1.29 is 13.9 Å². The van der Waals surface area contributed by atoms with Crippen LogP contribution >= 0.6 is 11.3 Å². The molecular formula is C19H18FN3O2S. The summed E-state index contributed by atoms with van der Waals surface area (Å²) in [6.07, 6.45) is 5.73.